The van der Waals surface area contributed by atoms with Gasteiger partial charge < -0.3 is 21.1 Å². The fraction of sp³-hybridized carbons (Fsp3) is 0.636. The first-order valence-corrected chi connectivity index (χ1v) is 5.75. The number of nitrogens with one attached hydrogen (secondary N) is 2. The first-order valence-electron chi connectivity index (χ1n) is 5.75. The summed E-state index contributed by atoms with van der Waals surface area (Å²) in [6.45, 7) is 4.94. The van der Waals surface area contributed by atoms with Crippen molar-refractivity contribution in [3.05, 3.63) is 12.4 Å². The Morgan fingerprint density at radius 3 is 2.71 bits per heavy atom. The van der Waals surface area contributed by atoms with E-state index >= 15 is 0 Å². The standard InChI is InChI=1S/C11H21N5O/c1-9(6-12)7-14-11-5-10(15-8-16-11)13-3-4-17-2/h5,8-9H,3-4,6-7,12H2,1-2H3,(H2,13,14,15,16). The summed E-state index contributed by atoms with van der Waals surface area (Å²) in [6.07, 6.45) is 1.53. The van der Waals surface area contributed by atoms with Gasteiger partial charge in [0.25, 0.3) is 0 Å². The third kappa shape index (κ3) is 5.46. The highest BCUT2D eigenvalue weighted by Gasteiger charge is 2.01. The number of aromatic nitrogens is 2. The van der Waals surface area contributed by atoms with Crippen LogP contribution in [0.3, 0.4) is 0 Å². The molecule has 1 atom stereocenters. The Morgan fingerprint density at radius 2 is 2.06 bits per heavy atom. The number of ether oxygens (including phenoxy) is 1. The van der Waals surface area contributed by atoms with Gasteiger partial charge in [-0.15, -0.1) is 0 Å². The number of anilines is 2. The highest BCUT2D eigenvalue weighted by molar-refractivity contribution is 5.46. The molecule has 0 aliphatic carbocycles. The monoisotopic (exact) mass is 239 g/mol. The van der Waals surface area contributed by atoms with Gasteiger partial charge in [-0.05, 0) is 12.5 Å². The molecular weight excluding hydrogens is 218 g/mol. The van der Waals surface area contributed by atoms with Crippen LogP contribution in [0, 0.1) is 5.92 Å². The van der Waals surface area contributed by atoms with Gasteiger partial charge in [-0.3, -0.25) is 0 Å². The van der Waals surface area contributed by atoms with Crippen molar-refractivity contribution in [1.82, 2.24) is 9.97 Å². The Balaban J connectivity index is 2.42. The maximum Gasteiger partial charge on any atom is 0.131 e. The van der Waals surface area contributed by atoms with Crippen LogP contribution in [0.25, 0.3) is 0 Å². The summed E-state index contributed by atoms with van der Waals surface area (Å²) in [5.41, 5.74) is 5.55. The summed E-state index contributed by atoms with van der Waals surface area (Å²) < 4.78 is 4.95. The molecule has 0 saturated heterocycles. The molecule has 96 valence electrons. The zero-order valence-corrected chi connectivity index (χ0v) is 10.4. The molecule has 1 rings (SSSR count). The molecule has 0 aromatic carbocycles. The molecule has 0 aliphatic heterocycles. The van der Waals surface area contributed by atoms with Gasteiger partial charge >= 0.3 is 0 Å². The van der Waals surface area contributed by atoms with Crippen LogP contribution in [-0.4, -0.2) is 43.3 Å². The summed E-state index contributed by atoms with van der Waals surface area (Å²) >= 11 is 0. The van der Waals surface area contributed by atoms with Crippen molar-refractivity contribution in [2.75, 3.05) is 44.0 Å². The van der Waals surface area contributed by atoms with Gasteiger partial charge in [0.05, 0.1) is 6.61 Å². The number of rotatable bonds is 8. The van der Waals surface area contributed by atoms with E-state index in [0.717, 1.165) is 24.7 Å². The Labute approximate surface area is 102 Å². The lowest BCUT2D eigenvalue weighted by atomic mass is 10.2. The van der Waals surface area contributed by atoms with E-state index in [0.29, 0.717) is 19.1 Å². The molecule has 0 spiro atoms. The first-order chi connectivity index (χ1) is 8.26. The molecule has 0 bridgehead atoms. The van der Waals surface area contributed by atoms with E-state index in [9.17, 15) is 0 Å². The topological polar surface area (TPSA) is 85.1 Å². The summed E-state index contributed by atoms with van der Waals surface area (Å²) in [5, 5.41) is 6.37. The predicted octanol–water partition coefficient (Wildman–Crippen LogP) is 0.542. The molecule has 6 heteroatoms. The lowest BCUT2D eigenvalue weighted by molar-refractivity contribution is 0.210. The maximum absolute atomic E-state index is 5.55. The molecule has 4 N–H and O–H groups in total. The Bertz CT molecular complexity index is 320. The van der Waals surface area contributed by atoms with Gasteiger partial charge in [-0.2, -0.15) is 0 Å². The number of hydrogen-bond donors (Lipinski definition) is 3. The van der Waals surface area contributed by atoms with Crippen molar-refractivity contribution in [3.8, 4) is 0 Å². The SMILES string of the molecule is COCCNc1cc(NCC(C)CN)ncn1. The minimum absolute atomic E-state index is 0.426. The number of nitrogens with zero attached hydrogens (tertiary/aromatic N) is 2. The lowest BCUT2D eigenvalue weighted by Crippen LogP contribution is -2.20. The average molecular weight is 239 g/mol. The molecule has 1 unspecified atom stereocenters. The molecule has 17 heavy (non-hydrogen) atoms. The fourth-order valence-corrected chi connectivity index (χ4v) is 1.19. The highest BCUT2D eigenvalue weighted by atomic mass is 16.5. The summed E-state index contributed by atoms with van der Waals surface area (Å²) in [7, 11) is 1.67. The van der Waals surface area contributed by atoms with Crippen LogP contribution in [0.2, 0.25) is 0 Å². The quantitative estimate of drug-likeness (QED) is 0.574. The van der Waals surface area contributed by atoms with Crippen molar-refractivity contribution in [3.63, 3.8) is 0 Å². The van der Waals surface area contributed by atoms with Crippen LogP contribution in [-0.2, 0) is 4.74 Å². The first kappa shape index (κ1) is 13.7. The van der Waals surface area contributed by atoms with E-state index < -0.39 is 0 Å². The fourth-order valence-electron chi connectivity index (χ4n) is 1.19. The van der Waals surface area contributed by atoms with Gasteiger partial charge in [0, 0.05) is 26.3 Å². The van der Waals surface area contributed by atoms with Crippen LogP contribution in [0.4, 0.5) is 11.6 Å². The Hall–Kier alpha value is -1.40. The summed E-state index contributed by atoms with van der Waals surface area (Å²) in [5.74, 6) is 2.02. The van der Waals surface area contributed by atoms with Crippen LogP contribution < -0.4 is 16.4 Å². The third-order valence-corrected chi connectivity index (χ3v) is 2.31. The second-order valence-electron chi connectivity index (χ2n) is 3.93. The highest BCUT2D eigenvalue weighted by Crippen LogP contribution is 2.08. The second-order valence-corrected chi connectivity index (χ2v) is 3.93. The minimum Gasteiger partial charge on any atom is -0.383 e. The van der Waals surface area contributed by atoms with Gasteiger partial charge in [0.15, 0.2) is 0 Å². The normalized spacial score (nSPS) is 12.2. The predicted molar refractivity (Wildman–Crippen MR) is 69.1 cm³/mol. The van der Waals surface area contributed by atoms with Crippen molar-refractivity contribution in [2.24, 2.45) is 11.7 Å². The van der Waals surface area contributed by atoms with E-state index in [4.69, 9.17) is 10.5 Å². The number of nitrogens with two attached hydrogens (primary N) is 1. The molecule has 0 amide bonds. The molecule has 1 heterocycles. The molecule has 0 radical (unpaired) electrons. The lowest BCUT2D eigenvalue weighted by Gasteiger charge is -2.11. The minimum atomic E-state index is 0.426. The van der Waals surface area contributed by atoms with Crippen molar-refractivity contribution < 1.29 is 4.74 Å². The zero-order valence-electron chi connectivity index (χ0n) is 10.4. The Morgan fingerprint density at radius 1 is 1.35 bits per heavy atom. The number of hydrogen-bond acceptors (Lipinski definition) is 6. The van der Waals surface area contributed by atoms with E-state index in [1.54, 1.807) is 7.11 Å². The van der Waals surface area contributed by atoms with E-state index in [2.05, 4.69) is 27.5 Å². The molecule has 0 aliphatic rings. The van der Waals surface area contributed by atoms with E-state index in [1.165, 1.54) is 6.33 Å². The Kier molecular flexibility index (Phi) is 6.27. The second kappa shape index (κ2) is 7.81. The van der Waals surface area contributed by atoms with Crippen LogP contribution in [0.5, 0.6) is 0 Å². The molecule has 0 saturated carbocycles. The molecular formula is C11H21N5O. The van der Waals surface area contributed by atoms with Crippen molar-refractivity contribution >= 4 is 11.6 Å². The van der Waals surface area contributed by atoms with Gasteiger partial charge in [-0.1, -0.05) is 6.92 Å². The largest absolute Gasteiger partial charge is 0.383 e. The van der Waals surface area contributed by atoms with Gasteiger partial charge in [0.1, 0.15) is 18.0 Å². The smallest absolute Gasteiger partial charge is 0.131 e. The third-order valence-electron chi connectivity index (χ3n) is 2.31. The van der Waals surface area contributed by atoms with Crippen molar-refractivity contribution in [1.29, 1.82) is 0 Å². The van der Waals surface area contributed by atoms with Gasteiger partial charge in [-0.25, -0.2) is 9.97 Å². The zero-order chi connectivity index (χ0) is 12.5. The van der Waals surface area contributed by atoms with Crippen molar-refractivity contribution in [2.45, 2.75) is 6.92 Å². The van der Waals surface area contributed by atoms with Crippen LogP contribution in [0.15, 0.2) is 12.4 Å². The summed E-state index contributed by atoms with van der Waals surface area (Å²) in [6, 6.07) is 1.87. The maximum atomic E-state index is 5.55. The summed E-state index contributed by atoms with van der Waals surface area (Å²) in [4.78, 5) is 8.26. The molecule has 6 nitrogen and oxygen atoms in total. The number of methoxy groups -OCH3 is 1. The molecule has 1 aromatic rings. The van der Waals surface area contributed by atoms with E-state index in [-0.39, 0.29) is 0 Å². The van der Waals surface area contributed by atoms with Gasteiger partial charge in [0.2, 0.25) is 0 Å². The molecule has 0 fully saturated rings. The average Bonchev–Trinajstić information content (AvgIpc) is 2.37. The molecule has 1 aromatic heterocycles. The van der Waals surface area contributed by atoms with E-state index in [1.807, 2.05) is 6.07 Å². The van der Waals surface area contributed by atoms with Crippen LogP contribution in [0.1, 0.15) is 6.92 Å². The van der Waals surface area contributed by atoms with Crippen LogP contribution >= 0.6 is 0 Å².